The van der Waals surface area contributed by atoms with E-state index in [1.807, 2.05) is 4.90 Å². The minimum Gasteiger partial charge on any atom is -0.397 e. The number of nitrogens with two attached hydrogens (primary N) is 1. The van der Waals surface area contributed by atoms with Crippen molar-refractivity contribution >= 4 is 34.6 Å². The van der Waals surface area contributed by atoms with E-state index >= 15 is 0 Å². The van der Waals surface area contributed by atoms with Gasteiger partial charge in [0.1, 0.15) is 33.3 Å². The Kier molecular flexibility index (Phi) is 10.2. The second-order valence-corrected chi connectivity index (χ2v) is 10.2. The summed E-state index contributed by atoms with van der Waals surface area (Å²) in [5.74, 6) is -2.99. The molecule has 43 heavy (non-hydrogen) atoms. The fourth-order valence-electron chi connectivity index (χ4n) is 4.91. The van der Waals surface area contributed by atoms with Gasteiger partial charge in [-0.15, -0.1) is 0 Å². The van der Waals surface area contributed by atoms with Gasteiger partial charge in [0.25, 0.3) is 11.1 Å². The zero-order chi connectivity index (χ0) is 31.4. The van der Waals surface area contributed by atoms with Gasteiger partial charge in [-0.2, -0.15) is 0 Å². The van der Waals surface area contributed by atoms with E-state index in [9.17, 15) is 27.2 Å². The molecule has 0 radical (unpaired) electrons. The maximum Gasteiger partial charge on any atom is 0.269 e. The number of halogens is 6. The van der Waals surface area contributed by atoms with Gasteiger partial charge in [-0.3, -0.25) is 9.59 Å². The number of anilines is 2. The number of nitrogen functional groups attached to an aromatic ring is 1. The van der Waals surface area contributed by atoms with Crippen molar-refractivity contribution < 1.29 is 22.3 Å². The summed E-state index contributed by atoms with van der Waals surface area (Å²) in [6.45, 7) is 5.97. The molecule has 0 amide bonds. The SMILES string of the molecule is CCn1c(-c2c(F)cccc2F)c(N)cc(Cl)c1=O.CCn1c(-c2c(F)cccc2F)c(N2CCOCC2)cc(Cl)c1=O. The molecule has 0 spiro atoms. The summed E-state index contributed by atoms with van der Waals surface area (Å²) in [6, 6.07) is 9.82. The first-order chi connectivity index (χ1) is 20.5. The van der Waals surface area contributed by atoms with Gasteiger partial charge in [0, 0.05) is 26.2 Å². The molecule has 2 aromatic heterocycles. The van der Waals surface area contributed by atoms with Crippen LogP contribution in [0.1, 0.15) is 13.8 Å². The highest BCUT2D eigenvalue weighted by atomic mass is 35.5. The molecular formula is C30H28Cl2F4N4O3. The molecule has 3 heterocycles. The molecule has 0 bridgehead atoms. The Balaban J connectivity index is 0.000000203. The van der Waals surface area contributed by atoms with Gasteiger partial charge in [0.05, 0.1) is 47.1 Å². The number of hydrogen-bond donors (Lipinski definition) is 1. The van der Waals surface area contributed by atoms with Crippen LogP contribution in [0.3, 0.4) is 0 Å². The Morgan fingerprint density at radius 3 is 1.63 bits per heavy atom. The number of benzene rings is 2. The molecule has 13 heteroatoms. The second-order valence-electron chi connectivity index (χ2n) is 9.41. The molecule has 2 N–H and O–H groups in total. The monoisotopic (exact) mass is 638 g/mol. The van der Waals surface area contributed by atoms with E-state index in [0.29, 0.717) is 32.0 Å². The highest BCUT2D eigenvalue weighted by Crippen LogP contribution is 2.35. The van der Waals surface area contributed by atoms with Crippen LogP contribution in [0.5, 0.6) is 0 Å². The van der Waals surface area contributed by atoms with Crippen LogP contribution in [0.25, 0.3) is 22.5 Å². The van der Waals surface area contributed by atoms with Crippen LogP contribution >= 0.6 is 23.2 Å². The van der Waals surface area contributed by atoms with Crippen LogP contribution in [0, 0.1) is 23.3 Å². The first-order valence-corrected chi connectivity index (χ1v) is 14.1. The van der Waals surface area contributed by atoms with Crippen molar-refractivity contribution in [3.8, 4) is 22.5 Å². The first-order valence-electron chi connectivity index (χ1n) is 13.3. The van der Waals surface area contributed by atoms with Crippen LogP contribution in [0.15, 0.2) is 58.1 Å². The summed E-state index contributed by atoms with van der Waals surface area (Å²) in [4.78, 5) is 26.2. The third-order valence-corrected chi connectivity index (χ3v) is 7.43. The van der Waals surface area contributed by atoms with E-state index < -0.39 is 34.4 Å². The van der Waals surface area contributed by atoms with Gasteiger partial charge in [0.2, 0.25) is 0 Å². The lowest BCUT2D eigenvalue weighted by Crippen LogP contribution is -2.38. The molecule has 0 atom stereocenters. The molecular weight excluding hydrogens is 611 g/mol. The van der Waals surface area contributed by atoms with Gasteiger partial charge in [-0.1, -0.05) is 35.3 Å². The van der Waals surface area contributed by atoms with Crippen molar-refractivity contribution in [2.24, 2.45) is 0 Å². The molecule has 0 aliphatic carbocycles. The number of aromatic nitrogens is 2. The van der Waals surface area contributed by atoms with Crippen molar-refractivity contribution in [2.45, 2.75) is 26.9 Å². The summed E-state index contributed by atoms with van der Waals surface area (Å²) in [6.07, 6.45) is 0. The molecule has 1 aliphatic heterocycles. The topological polar surface area (TPSA) is 82.5 Å². The smallest absolute Gasteiger partial charge is 0.269 e. The van der Waals surface area contributed by atoms with Crippen LogP contribution in [-0.4, -0.2) is 35.4 Å². The normalized spacial score (nSPS) is 13.1. The van der Waals surface area contributed by atoms with Crippen molar-refractivity contribution in [1.82, 2.24) is 9.13 Å². The molecule has 1 fully saturated rings. The molecule has 228 valence electrons. The minimum absolute atomic E-state index is 0.00694. The molecule has 5 rings (SSSR count). The summed E-state index contributed by atoms with van der Waals surface area (Å²) in [7, 11) is 0. The van der Waals surface area contributed by atoms with E-state index in [0.717, 1.165) is 16.7 Å². The van der Waals surface area contributed by atoms with Crippen LogP contribution < -0.4 is 21.8 Å². The highest BCUT2D eigenvalue weighted by Gasteiger charge is 2.25. The molecule has 0 saturated carbocycles. The van der Waals surface area contributed by atoms with E-state index in [-0.39, 0.29) is 51.3 Å². The first kappa shape index (κ1) is 32.1. The highest BCUT2D eigenvalue weighted by molar-refractivity contribution is 6.31. The zero-order valence-electron chi connectivity index (χ0n) is 23.3. The summed E-state index contributed by atoms with van der Waals surface area (Å²) >= 11 is 11.8. The van der Waals surface area contributed by atoms with Crippen molar-refractivity contribution in [3.05, 3.63) is 103 Å². The lowest BCUT2D eigenvalue weighted by atomic mass is 10.1. The Morgan fingerprint density at radius 1 is 0.744 bits per heavy atom. The second kappa shape index (κ2) is 13.7. The molecule has 4 aromatic rings. The maximum absolute atomic E-state index is 14.4. The number of ether oxygens (including phenoxy) is 1. The molecule has 2 aromatic carbocycles. The largest absolute Gasteiger partial charge is 0.397 e. The quantitative estimate of drug-likeness (QED) is 0.258. The van der Waals surface area contributed by atoms with E-state index in [2.05, 4.69) is 0 Å². The third-order valence-electron chi connectivity index (χ3n) is 6.88. The predicted molar refractivity (Wildman–Crippen MR) is 161 cm³/mol. The fraction of sp³-hybridized carbons (Fsp3) is 0.267. The Hall–Kier alpha value is -3.80. The zero-order valence-corrected chi connectivity index (χ0v) is 24.8. The summed E-state index contributed by atoms with van der Waals surface area (Å²) in [5, 5.41) is -0.0568. The van der Waals surface area contributed by atoms with Gasteiger partial charge in [0.15, 0.2) is 0 Å². The van der Waals surface area contributed by atoms with Crippen LogP contribution in [0.4, 0.5) is 28.9 Å². The number of nitrogens with zero attached hydrogens (tertiary/aromatic N) is 3. The lowest BCUT2D eigenvalue weighted by molar-refractivity contribution is 0.122. The average Bonchev–Trinajstić information content (AvgIpc) is 2.98. The van der Waals surface area contributed by atoms with Crippen LogP contribution in [0.2, 0.25) is 10.0 Å². The van der Waals surface area contributed by atoms with E-state index in [1.165, 1.54) is 41.0 Å². The van der Waals surface area contributed by atoms with Gasteiger partial charge in [-0.05, 0) is 50.2 Å². The minimum atomic E-state index is -0.782. The van der Waals surface area contributed by atoms with Crippen molar-refractivity contribution in [1.29, 1.82) is 0 Å². The Morgan fingerprint density at radius 2 is 1.16 bits per heavy atom. The standard InChI is InChI=1S/C17H17ClF2N2O2.C13H11ClF2N2O/c1-2-22-16(15-12(19)4-3-5-13(15)20)14(10-11(18)17(22)23)21-6-8-24-9-7-21;1-2-18-12(10(17)6-7(14)13(18)19)11-8(15)4-3-5-9(11)16/h3-5,10H,2,6-9H2,1H3;3-6H,2,17H2,1H3. The number of pyridine rings is 2. The van der Waals surface area contributed by atoms with Crippen LogP contribution in [-0.2, 0) is 17.8 Å². The number of morpholine rings is 1. The van der Waals surface area contributed by atoms with Gasteiger partial charge in [-0.25, -0.2) is 17.6 Å². The number of hydrogen-bond acceptors (Lipinski definition) is 5. The molecule has 1 aliphatic rings. The Bertz CT molecular complexity index is 1730. The molecule has 0 unspecified atom stereocenters. The predicted octanol–water partition coefficient (Wildman–Crippen LogP) is 6.35. The fourth-order valence-corrected chi connectivity index (χ4v) is 5.34. The van der Waals surface area contributed by atoms with E-state index in [4.69, 9.17) is 33.7 Å². The Labute approximate surface area is 254 Å². The van der Waals surface area contributed by atoms with Crippen molar-refractivity contribution in [3.63, 3.8) is 0 Å². The van der Waals surface area contributed by atoms with Gasteiger partial charge < -0.3 is 24.5 Å². The van der Waals surface area contributed by atoms with Gasteiger partial charge >= 0.3 is 0 Å². The molecule has 7 nitrogen and oxygen atoms in total. The van der Waals surface area contributed by atoms with E-state index in [1.54, 1.807) is 13.8 Å². The third kappa shape index (κ3) is 6.43. The maximum atomic E-state index is 14.4. The lowest BCUT2D eigenvalue weighted by Gasteiger charge is -2.32. The van der Waals surface area contributed by atoms with Crippen molar-refractivity contribution in [2.75, 3.05) is 36.9 Å². The summed E-state index contributed by atoms with van der Waals surface area (Å²) in [5.41, 5.74) is 5.03. The number of rotatable bonds is 5. The average molecular weight is 639 g/mol. The summed E-state index contributed by atoms with van der Waals surface area (Å²) < 4.78 is 64.2. The molecule has 1 saturated heterocycles.